The van der Waals surface area contributed by atoms with Crippen molar-refractivity contribution in [3.63, 3.8) is 0 Å². The fourth-order valence-corrected chi connectivity index (χ4v) is 3.97. The Morgan fingerprint density at radius 3 is 2.57 bits per heavy atom. The van der Waals surface area contributed by atoms with Gasteiger partial charge in [-0.15, -0.1) is 5.10 Å². The lowest BCUT2D eigenvalue weighted by Crippen LogP contribution is -2.15. The van der Waals surface area contributed by atoms with Crippen LogP contribution < -0.4 is 4.74 Å². The van der Waals surface area contributed by atoms with Gasteiger partial charge in [0.05, 0.1) is 12.8 Å². The number of hydrogen-bond donors (Lipinski definition) is 0. The summed E-state index contributed by atoms with van der Waals surface area (Å²) in [4.78, 5) is 25.3. The van der Waals surface area contributed by atoms with Crippen molar-refractivity contribution < 1.29 is 19.1 Å². The van der Waals surface area contributed by atoms with Crippen molar-refractivity contribution in [2.75, 3.05) is 13.7 Å². The summed E-state index contributed by atoms with van der Waals surface area (Å²) >= 11 is 0.987. The second-order valence-electron chi connectivity index (χ2n) is 6.94. The number of rotatable bonds is 9. The van der Waals surface area contributed by atoms with Crippen LogP contribution in [0.25, 0.3) is 0 Å². The van der Waals surface area contributed by atoms with Crippen LogP contribution in [0, 0.1) is 13.8 Å². The Bertz CT molecular complexity index is 1040. The van der Waals surface area contributed by atoms with Crippen LogP contribution in [0.2, 0.25) is 0 Å². The molecule has 0 unspecified atom stereocenters. The molecular weight excluding hydrogens is 402 g/mol. The van der Waals surface area contributed by atoms with Crippen LogP contribution in [0.3, 0.4) is 0 Å². The van der Waals surface area contributed by atoms with E-state index in [0.717, 1.165) is 41.6 Å². The Hall–Kier alpha value is -3.00. The predicted molar refractivity (Wildman–Crippen MR) is 115 cm³/mol. The molecule has 0 bridgehead atoms. The van der Waals surface area contributed by atoms with E-state index >= 15 is 0 Å². The van der Waals surface area contributed by atoms with Crippen LogP contribution in [0.1, 0.15) is 49.6 Å². The number of carbonyl (C=O) groups excluding carboxylic acids is 2. The maximum absolute atomic E-state index is 12.7. The number of benzene rings is 1. The van der Waals surface area contributed by atoms with Crippen molar-refractivity contribution in [2.24, 2.45) is 0 Å². The number of esters is 1. The largest absolute Gasteiger partial charge is 0.497 e. The number of ketones is 1. The lowest BCUT2D eigenvalue weighted by Gasteiger charge is -2.10. The number of aromatic nitrogens is 3. The number of hydrogen-bond acceptors (Lipinski definition) is 7. The molecule has 0 aliphatic heterocycles. The van der Waals surface area contributed by atoms with Crippen LogP contribution in [0.5, 0.6) is 5.75 Å². The highest BCUT2D eigenvalue weighted by Gasteiger charge is 2.20. The van der Waals surface area contributed by atoms with Gasteiger partial charge in [0.2, 0.25) is 5.78 Å². The van der Waals surface area contributed by atoms with Gasteiger partial charge in [0.15, 0.2) is 11.5 Å². The molecule has 8 heteroatoms. The molecule has 30 heavy (non-hydrogen) atoms. The first-order valence-electron chi connectivity index (χ1n) is 9.75. The van der Waals surface area contributed by atoms with E-state index in [-0.39, 0.29) is 12.4 Å². The molecule has 1 aromatic carbocycles. The molecule has 0 radical (unpaired) electrons. The summed E-state index contributed by atoms with van der Waals surface area (Å²) in [6.07, 6.45) is 1.42. The van der Waals surface area contributed by atoms with Crippen molar-refractivity contribution in [3.8, 4) is 5.75 Å². The van der Waals surface area contributed by atoms with E-state index in [1.54, 1.807) is 7.11 Å². The summed E-state index contributed by atoms with van der Waals surface area (Å²) in [5, 5.41) is 3.90. The monoisotopic (exact) mass is 427 g/mol. The molecule has 0 fully saturated rings. The summed E-state index contributed by atoms with van der Waals surface area (Å²) in [6, 6.07) is 9.81. The van der Waals surface area contributed by atoms with Gasteiger partial charge in [0.25, 0.3) is 0 Å². The molecule has 0 atom stereocenters. The number of methoxy groups -OCH3 is 1. The van der Waals surface area contributed by atoms with E-state index in [9.17, 15) is 9.59 Å². The van der Waals surface area contributed by atoms with Crippen LogP contribution in [0.15, 0.2) is 30.3 Å². The lowest BCUT2D eigenvalue weighted by atomic mass is 10.1. The SMILES string of the molecule is CCc1nnsc1C(=O)OCC(=O)c1cc(C)n(CCc2ccc(OC)cc2)c1C. The minimum atomic E-state index is -0.552. The third-order valence-corrected chi connectivity index (χ3v) is 5.82. The molecule has 0 amide bonds. The maximum Gasteiger partial charge on any atom is 0.352 e. The van der Waals surface area contributed by atoms with Crippen LogP contribution in [-0.4, -0.2) is 39.6 Å². The van der Waals surface area contributed by atoms with Gasteiger partial charge in [0, 0.05) is 23.5 Å². The van der Waals surface area contributed by atoms with E-state index in [0.29, 0.717) is 22.6 Å². The second-order valence-corrected chi connectivity index (χ2v) is 7.69. The molecule has 0 saturated carbocycles. The van der Waals surface area contributed by atoms with Gasteiger partial charge >= 0.3 is 5.97 Å². The smallest absolute Gasteiger partial charge is 0.352 e. The fraction of sp³-hybridized carbons (Fsp3) is 0.364. The third kappa shape index (κ3) is 4.76. The summed E-state index contributed by atoms with van der Waals surface area (Å²) in [6.45, 7) is 6.23. The molecule has 0 N–H and O–H groups in total. The van der Waals surface area contributed by atoms with Crippen molar-refractivity contribution in [1.29, 1.82) is 0 Å². The third-order valence-electron chi connectivity index (χ3n) is 5.07. The molecule has 0 saturated heterocycles. The van der Waals surface area contributed by atoms with Gasteiger partial charge in [-0.05, 0) is 62.0 Å². The molecule has 7 nitrogen and oxygen atoms in total. The Labute approximate surface area is 179 Å². The minimum absolute atomic E-state index is 0.220. The average molecular weight is 428 g/mol. The Morgan fingerprint density at radius 2 is 1.90 bits per heavy atom. The molecule has 0 aliphatic carbocycles. The van der Waals surface area contributed by atoms with Crippen molar-refractivity contribution in [2.45, 2.75) is 40.2 Å². The molecule has 0 aliphatic rings. The van der Waals surface area contributed by atoms with Crippen molar-refractivity contribution in [3.05, 3.63) is 63.4 Å². The summed E-state index contributed by atoms with van der Waals surface area (Å²) in [5.41, 5.74) is 4.23. The van der Waals surface area contributed by atoms with Crippen LogP contribution in [-0.2, 0) is 24.1 Å². The number of aryl methyl sites for hydroxylation is 3. The van der Waals surface area contributed by atoms with E-state index in [2.05, 4.69) is 14.2 Å². The van der Waals surface area contributed by atoms with Gasteiger partial charge in [-0.3, -0.25) is 4.79 Å². The average Bonchev–Trinajstić information content (AvgIpc) is 3.35. The van der Waals surface area contributed by atoms with Gasteiger partial charge < -0.3 is 14.0 Å². The molecule has 3 rings (SSSR count). The van der Waals surface area contributed by atoms with Crippen LogP contribution in [0.4, 0.5) is 0 Å². The topological polar surface area (TPSA) is 83.3 Å². The first-order chi connectivity index (χ1) is 14.4. The Kier molecular flexibility index (Phi) is 6.99. The van der Waals surface area contributed by atoms with Gasteiger partial charge in [0.1, 0.15) is 5.75 Å². The summed E-state index contributed by atoms with van der Waals surface area (Å²) in [7, 11) is 1.65. The Morgan fingerprint density at radius 1 is 1.17 bits per heavy atom. The Balaban J connectivity index is 1.63. The predicted octanol–water partition coefficient (Wildman–Crippen LogP) is 3.81. The van der Waals surface area contributed by atoms with E-state index in [1.165, 1.54) is 5.56 Å². The first-order valence-corrected chi connectivity index (χ1v) is 10.5. The minimum Gasteiger partial charge on any atom is -0.497 e. The molecule has 158 valence electrons. The lowest BCUT2D eigenvalue weighted by molar-refractivity contribution is 0.0478. The zero-order valence-electron chi connectivity index (χ0n) is 17.6. The van der Waals surface area contributed by atoms with Crippen LogP contribution >= 0.6 is 11.5 Å². The highest BCUT2D eigenvalue weighted by atomic mass is 32.1. The molecule has 3 aromatic rings. The van der Waals surface area contributed by atoms with E-state index < -0.39 is 5.97 Å². The summed E-state index contributed by atoms with van der Waals surface area (Å²) in [5.74, 6) is 0.0563. The normalized spacial score (nSPS) is 10.8. The fourth-order valence-electron chi connectivity index (χ4n) is 3.33. The number of carbonyl (C=O) groups is 2. The molecule has 2 aromatic heterocycles. The highest BCUT2D eigenvalue weighted by Crippen LogP contribution is 2.19. The zero-order valence-corrected chi connectivity index (χ0v) is 18.4. The van der Waals surface area contributed by atoms with Gasteiger partial charge in [-0.2, -0.15) is 0 Å². The van der Waals surface area contributed by atoms with Gasteiger partial charge in [-0.25, -0.2) is 4.79 Å². The highest BCUT2D eigenvalue weighted by molar-refractivity contribution is 7.07. The van der Waals surface area contributed by atoms with E-state index in [1.807, 2.05) is 51.1 Å². The molecule has 2 heterocycles. The zero-order chi connectivity index (χ0) is 21.7. The second kappa shape index (κ2) is 9.67. The quantitative estimate of drug-likeness (QED) is 0.381. The first kappa shape index (κ1) is 21.7. The van der Waals surface area contributed by atoms with E-state index in [4.69, 9.17) is 9.47 Å². The maximum atomic E-state index is 12.7. The number of nitrogens with zero attached hydrogens (tertiary/aromatic N) is 3. The van der Waals surface area contributed by atoms with Crippen molar-refractivity contribution in [1.82, 2.24) is 14.2 Å². The number of ether oxygens (including phenoxy) is 2. The standard InChI is InChI=1S/C22H25N3O4S/c1-5-19-21(30-24-23-19)22(27)29-13-20(26)18-12-14(2)25(15(18)3)11-10-16-6-8-17(28-4)9-7-16/h6-9,12H,5,10-11,13H2,1-4H3. The van der Waals surface area contributed by atoms with Gasteiger partial charge in [-0.1, -0.05) is 23.5 Å². The summed E-state index contributed by atoms with van der Waals surface area (Å²) < 4.78 is 16.3. The van der Waals surface area contributed by atoms with Crippen molar-refractivity contribution >= 4 is 23.3 Å². The molecule has 0 spiro atoms. The molecular formula is C22H25N3O4S. The number of Topliss-reactive ketones (excluding diaryl/α,β-unsaturated/α-hetero) is 1.